The zero-order valence-corrected chi connectivity index (χ0v) is 22.4. The van der Waals surface area contributed by atoms with Crippen LogP contribution in [0.3, 0.4) is 0 Å². The molecule has 2 atom stereocenters. The van der Waals surface area contributed by atoms with Gasteiger partial charge in [-0.05, 0) is 28.7 Å². The molecule has 5 heterocycles. The first-order chi connectivity index (χ1) is 17.3. The number of hydrogen-bond donors (Lipinski definition) is 3. The molecule has 0 saturated carbocycles. The number of aliphatic carboxylic acids is 1. The number of pyridine rings is 1. The lowest BCUT2D eigenvalue weighted by Gasteiger charge is -2.49. The molecule has 36 heavy (non-hydrogen) atoms. The molecular weight excluding hydrogens is 621 g/mol. The second-order valence-electron chi connectivity index (χ2n) is 7.81. The summed E-state index contributed by atoms with van der Waals surface area (Å²) in [6, 6.07) is 4.81. The summed E-state index contributed by atoms with van der Waals surface area (Å²) in [4.78, 5) is 48.5. The van der Waals surface area contributed by atoms with E-state index in [1.807, 2.05) is 68.3 Å². The number of amides is 2. The second kappa shape index (κ2) is 9.70. The quantitative estimate of drug-likeness (QED) is 0.112. The highest BCUT2D eigenvalue weighted by atomic mass is 127. The van der Waals surface area contributed by atoms with Crippen molar-refractivity contribution in [2.45, 2.75) is 18.0 Å². The Hall–Kier alpha value is -3.18. The molecule has 186 valence electrons. The van der Waals surface area contributed by atoms with Gasteiger partial charge < -0.3 is 21.0 Å². The number of thioether (sulfide) groups is 1. The first-order valence-corrected chi connectivity index (χ1v) is 13.4. The number of nitrogens with one attached hydrogen (secondary N) is 1. The van der Waals surface area contributed by atoms with Crippen LogP contribution < -0.4 is 15.6 Å². The third kappa shape index (κ3) is 4.20. The molecule has 2 aliphatic rings. The lowest BCUT2D eigenvalue weighted by Crippen LogP contribution is -2.71. The molecule has 0 unspecified atom stereocenters. The number of halogens is 1. The summed E-state index contributed by atoms with van der Waals surface area (Å²) in [5.74, 6) is -1.97. The van der Waals surface area contributed by atoms with Gasteiger partial charge in [0.2, 0.25) is 0 Å². The van der Waals surface area contributed by atoms with Gasteiger partial charge in [0.25, 0.3) is 17.5 Å². The minimum atomic E-state index is -1.19. The fraction of sp³-hybridized carbons (Fsp3) is 0.238. The predicted octanol–water partition coefficient (Wildman–Crippen LogP) is 0.659. The summed E-state index contributed by atoms with van der Waals surface area (Å²) in [5, 5.41) is 16.1. The number of fused-ring (bicyclic) bond motifs is 2. The number of thiazole rings is 1. The van der Waals surface area contributed by atoms with Gasteiger partial charge in [-0.2, -0.15) is 0 Å². The van der Waals surface area contributed by atoms with Crippen LogP contribution in [0.25, 0.3) is 5.65 Å². The van der Waals surface area contributed by atoms with Gasteiger partial charge in [-0.15, -0.1) is 11.8 Å². The molecule has 1 fully saturated rings. The third-order valence-corrected chi connectivity index (χ3v) is 8.88. The Morgan fingerprint density at radius 1 is 1.42 bits per heavy atom. The first kappa shape index (κ1) is 24.5. The van der Waals surface area contributed by atoms with Crippen LogP contribution in [0.4, 0.5) is 5.13 Å². The molecule has 3 aromatic heterocycles. The van der Waals surface area contributed by atoms with Gasteiger partial charge in [-0.1, -0.05) is 22.6 Å². The number of nitrogens with zero attached hydrogens (tertiary/aromatic N) is 5. The van der Waals surface area contributed by atoms with E-state index in [0.29, 0.717) is 20.8 Å². The second-order valence-corrected chi connectivity index (χ2v) is 11.8. The molecule has 0 spiro atoms. The molecule has 12 nitrogen and oxygen atoms in total. The van der Waals surface area contributed by atoms with Crippen LogP contribution in [0.2, 0.25) is 0 Å². The largest absolute Gasteiger partial charge is 0.477 e. The maximum atomic E-state index is 13.1. The van der Waals surface area contributed by atoms with Crippen LogP contribution in [0, 0.1) is 2.88 Å². The zero-order chi connectivity index (χ0) is 25.6. The Morgan fingerprint density at radius 2 is 2.22 bits per heavy atom. The van der Waals surface area contributed by atoms with Gasteiger partial charge in [0.1, 0.15) is 48.9 Å². The maximum Gasteiger partial charge on any atom is 0.352 e. The molecule has 0 bridgehead atoms. The number of carbonyl (C=O) groups excluding carboxylic acids is 2. The van der Waals surface area contributed by atoms with Crippen LogP contribution >= 0.6 is 45.7 Å². The van der Waals surface area contributed by atoms with Crippen molar-refractivity contribution in [3.05, 3.63) is 56.6 Å². The van der Waals surface area contributed by atoms with Crippen LogP contribution in [0.15, 0.2) is 53.2 Å². The van der Waals surface area contributed by atoms with Gasteiger partial charge >= 0.3 is 5.97 Å². The van der Waals surface area contributed by atoms with E-state index in [0.717, 1.165) is 5.65 Å². The predicted molar refractivity (Wildman–Crippen MR) is 140 cm³/mol. The number of carboxylic acid groups (broad SMARTS) is 1. The van der Waals surface area contributed by atoms with E-state index in [-0.39, 0.29) is 22.2 Å². The number of rotatable bonds is 7. The number of imidazole rings is 1. The smallest absolute Gasteiger partial charge is 0.352 e. The Kier molecular flexibility index (Phi) is 6.60. The van der Waals surface area contributed by atoms with Gasteiger partial charge in [-0.25, -0.2) is 18.7 Å². The van der Waals surface area contributed by atoms with E-state index >= 15 is 0 Å². The van der Waals surface area contributed by atoms with Gasteiger partial charge in [0.05, 0.1) is 9.08 Å². The number of carboxylic acids is 1. The first-order valence-electron chi connectivity index (χ1n) is 10.5. The fourth-order valence-electron chi connectivity index (χ4n) is 4.15. The van der Waals surface area contributed by atoms with Crippen molar-refractivity contribution in [1.82, 2.24) is 19.6 Å². The summed E-state index contributed by atoms with van der Waals surface area (Å²) in [5.41, 5.74) is 7.33. The van der Waals surface area contributed by atoms with Crippen LogP contribution in [0.1, 0.15) is 5.69 Å². The van der Waals surface area contributed by atoms with Crippen LogP contribution in [-0.2, 0) is 25.8 Å². The summed E-state index contributed by atoms with van der Waals surface area (Å²) in [7, 11) is 1.29. The normalized spacial score (nSPS) is 19.8. The maximum absolute atomic E-state index is 13.1. The topological polar surface area (TPSA) is 156 Å². The standard InChI is InChI=1S/C21H18IN7O5S2/c1-34-26-13(12-16(22)36-21(23)25-12)17(30)24-14-18(31)29-15(20(32)33)10(9-35-19(14)29)8-28-7-6-27-5-3-2-4-11(27)28/h2-7,14,19H,8-9H2,1H3,(H3-,23,24,25,30,32,33)/p+1/b26-13-/t14-,19+/m1/s1. The van der Waals surface area contributed by atoms with E-state index in [4.69, 9.17) is 10.6 Å². The number of oxime groups is 1. The molecule has 0 aromatic carbocycles. The lowest BCUT2D eigenvalue weighted by molar-refractivity contribution is -0.662. The monoisotopic (exact) mass is 640 g/mol. The Balaban J connectivity index is 1.38. The van der Waals surface area contributed by atoms with Gasteiger partial charge in [0.15, 0.2) is 10.8 Å². The number of anilines is 1. The van der Waals surface area contributed by atoms with Gasteiger partial charge in [-0.3, -0.25) is 14.5 Å². The number of β-lactam (4-membered cyclic amide) rings is 1. The number of carbonyl (C=O) groups is 3. The van der Waals surface area contributed by atoms with Crippen molar-refractivity contribution < 1.29 is 28.9 Å². The number of nitrogens with two attached hydrogens (primary N) is 1. The van der Waals surface area contributed by atoms with Crippen molar-refractivity contribution >= 4 is 80.0 Å². The molecule has 3 aromatic rings. The third-order valence-electron chi connectivity index (χ3n) is 5.69. The molecule has 1 saturated heterocycles. The van der Waals surface area contributed by atoms with Gasteiger partial charge in [0, 0.05) is 17.4 Å². The van der Waals surface area contributed by atoms with Crippen molar-refractivity contribution in [3.63, 3.8) is 0 Å². The minimum absolute atomic E-state index is 0.0513. The van der Waals surface area contributed by atoms with Crippen LogP contribution in [0.5, 0.6) is 0 Å². The van der Waals surface area contributed by atoms with E-state index < -0.39 is 29.2 Å². The van der Waals surface area contributed by atoms with Crippen molar-refractivity contribution in [2.75, 3.05) is 18.6 Å². The summed E-state index contributed by atoms with van der Waals surface area (Å²) >= 11 is 4.57. The molecule has 2 amide bonds. The Labute approximate surface area is 225 Å². The summed E-state index contributed by atoms with van der Waals surface area (Å²) in [6.45, 7) is 0.316. The zero-order valence-electron chi connectivity index (χ0n) is 18.6. The molecule has 4 N–H and O–H groups in total. The SMILES string of the molecule is CO/N=C(\C(=O)N[C@@H]1C(=O)N2C(C(=O)O)=C(C[n+]3ccn4ccccc43)CS[C@@H]12)c1nc(N)sc1I. The fourth-order valence-corrected chi connectivity index (χ4v) is 7.09. The minimum Gasteiger partial charge on any atom is -0.477 e. The van der Waals surface area contributed by atoms with E-state index in [9.17, 15) is 19.5 Å². The van der Waals surface area contributed by atoms with Crippen molar-refractivity contribution in [3.8, 4) is 0 Å². The molecular formula is C21H19IN7O5S2+. The highest BCUT2D eigenvalue weighted by Crippen LogP contribution is 2.40. The van der Waals surface area contributed by atoms with E-state index in [1.165, 1.54) is 35.1 Å². The average Bonchev–Trinajstić information content (AvgIpc) is 3.42. The number of aromatic nitrogens is 3. The highest BCUT2D eigenvalue weighted by molar-refractivity contribution is 14.1. The van der Waals surface area contributed by atoms with Crippen molar-refractivity contribution in [2.24, 2.45) is 5.16 Å². The lowest BCUT2D eigenvalue weighted by atomic mass is 10.0. The molecule has 0 radical (unpaired) electrons. The molecule has 5 rings (SSSR count). The van der Waals surface area contributed by atoms with E-state index in [2.05, 4.69) is 15.5 Å². The summed E-state index contributed by atoms with van der Waals surface area (Å²) < 4.78 is 4.49. The summed E-state index contributed by atoms with van der Waals surface area (Å²) in [6.07, 6.45) is 5.65. The number of nitrogen functional groups attached to an aromatic ring is 1. The average molecular weight is 640 g/mol. The Bertz CT molecular complexity index is 1470. The van der Waals surface area contributed by atoms with Crippen LogP contribution in [-0.4, -0.2) is 67.2 Å². The van der Waals surface area contributed by atoms with E-state index in [1.54, 1.807) is 0 Å². The molecule has 2 aliphatic heterocycles. The van der Waals surface area contributed by atoms with Crippen molar-refractivity contribution in [1.29, 1.82) is 0 Å². The highest BCUT2D eigenvalue weighted by Gasteiger charge is 2.54. The Morgan fingerprint density at radius 3 is 2.92 bits per heavy atom. The molecule has 0 aliphatic carbocycles. The molecule has 15 heteroatoms. The number of hydrogen-bond acceptors (Lipinski definition) is 9.